The zero-order chi connectivity index (χ0) is 16.1. The molecule has 1 N–H and O–H groups in total. The van der Waals surface area contributed by atoms with Gasteiger partial charge in [-0.25, -0.2) is 8.78 Å². The second-order valence-corrected chi connectivity index (χ2v) is 5.01. The Balaban J connectivity index is 1.88. The van der Waals surface area contributed by atoms with Gasteiger partial charge in [0.1, 0.15) is 11.6 Å². The zero-order valence-corrected chi connectivity index (χ0v) is 12.4. The first-order chi connectivity index (χ1) is 10.4. The maximum atomic E-state index is 13.0. The Kier molecular flexibility index (Phi) is 5.21. The number of hydrogen-bond donors (Lipinski definition) is 1. The van der Waals surface area contributed by atoms with Crippen molar-refractivity contribution < 1.29 is 13.6 Å². The highest BCUT2D eigenvalue weighted by atomic mass is 35.5. The molecule has 22 heavy (non-hydrogen) atoms. The van der Waals surface area contributed by atoms with Gasteiger partial charge in [0.2, 0.25) is 5.91 Å². The summed E-state index contributed by atoms with van der Waals surface area (Å²) in [6.45, 7) is 0.0573. The first-order valence-corrected chi connectivity index (χ1v) is 6.74. The maximum Gasteiger partial charge on any atom is 0.239 e. The van der Waals surface area contributed by atoms with E-state index < -0.39 is 11.6 Å². The second kappa shape index (κ2) is 7.13. The third-order valence-electron chi connectivity index (χ3n) is 2.80. The van der Waals surface area contributed by atoms with Gasteiger partial charge in [-0.1, -0.05) is 11.6 Å². The molecule has 0 atom stereocenters. The summed E-state index contributed by atoms with van der Waals surface area (Å²) in [7, 11) is 1.67. The van der Waals surface area contributed by atoms with Gasteiger partial charge < -0.3 is 10.2 Å². The lowest BCUT2D eigenvalue weighted by molar-refractivity contribution is -0.119. The summed E-state index contributed by atoms with van der Waals surface area (Å²) in [5.74, 6) is -1.20. The Hall–Kier alpha value is -2.28. The predicted octanol–water partition coefficient (Wildman–Crippen LogP) is 2.16. The highest BCUT2D eigenvalue weighted by Crippen LogP contribution is 2.10. The van der Waals surface area contributed by atoms with E-state index in [9.17, 15) is 13.6 Å². The number of benzene rings is 1. The van der Waals surface area contributed by atoms with Crippen LogP contribution >= 0.6 is 11.6 Å². The topological polar surface area (TPSA) is 58.1 Å². The van der Waals surface area contributed by atoms with E-state index in [1.165, 1.54) is 0 Å². The van der Waals surface area contributed by atoms with E-state index in [1.54, 1.807) is 24.1 Å². The van der Waals surface area contributed by atoms with Gasteiger partial charge in [0.25, 0.3) is 0 Å². The number of hydrogen-bond acceptors (Lipinski definition) is 4. The number of amides is 1. The summed E-state index contributed by atoms with van der Waals surface area (Å²) in [4.78, 5) is 13.4. The summed E-state index contributed by atoms with van der Waals surface area (Å²) in [6.07, 6.45) is 0. The van der Waals surface area contributed by atoms with Gasteiger partial charge >= 0.3 is 0 Å². The molecule has 2 aromatic rings. The molecule has 0 aliphatic carbocycles. The fourth-order valence-electron chi connectivity index (χ4n) is 1.78. The van der Waals surface area contributed by atoms with Crippen molar-refractivity contribution in [2.45, 2.75) is 6.54 Å². The molecule has 0 bridgehead atoms. The average molecular weight is 327 g/mol. The molecule has 5 nitrogen and oxygen atoms in total. The second-order valence-electron chi connectivity index (χ2n) is 4.62. The number of anilines is 1. The van der Waals surface area contributed by atoms with Crippen LogP contribution in [0.25, 0.3) is 0 Å². The SMILES string of the molecule is CN(CC(=O)NCc1cc(F)cc(F)c1)c1ccc(Cl)nn1. The molecule has 0 aliphatic rings. The maximum absolute atomic E-state index is 13.0. The fourth-order valence-corrected chi connectivity index (χ4v) is 1.88. The number of nitrogens with one attached hydrogen (secondary N) is 1. The van der Waals surface area contributed by atoms with Gasteiger partial charge in [-0.2, -0.15) is 0 Å². The van der Waals surface area contributed by atoms with Gasteiger partial charge in [-0.3, -0.25) is 4.79 Å². The zero-order valence-electron chi connectivity index (χ0n) is 11.7. The van der Waals surface area contributed by atoms with E-state index in [0.29, 0.717) is 11.4 Å². The Morgan fingerprint density at radius 3 is 2.50 bits per heavy atom. The molecule has 0 radical (unpaired) electrons. The minimum Gasteiger partial charge on any atom is -0.350 e. The Bertz CT molecular complexity index is 646. The van der Waals surface area contributed by atoms with Gasteiger partial charge in [0, 0.05) is 19.7 Å². The van der Waals surface area contributed by atoms with Crippen molar-refractivity contribution in [1.29, 1.82) is 0 Å². The standard InChI is InChI=1S/C14H13ClF2N4O/c1-21(13-3-2-12(15)19-20-13)8-14(22)18-7-9-4-10(16)6-11(17)5-9/h2-6H,7-8H2,1H3,(H,18,22). The normalized spacial score (nSPS) is 10.4. The van der Waals surface area contributed by atoms with Crippen LogP contribution in [0.1, 0.15) is 5.56 Å². The molecule has 1 aromatic heterocycles. The molecular weight excluding hydrogens is 314 g/mol. The van der Waals surface area contributed by atoms with Gasteiger partial charge in [-0.05, 0) is 29.8 Å². The van der Waals surface area contributed by atoms with Crippen molar-refractivity contribution in [3.8, 4) is 0 Å². The molecule has 1 aromatic carbocycles. The van der Waals surface area contributed by atoms with E-state index in [0.717, 1.165) is 18.2 Å². The van der Waals surface area contributed by atoms with Crippen LogP contribution in [-0.4, -0.2) is 29.7 Å². The van der Waals surface area contributed by atoms with Crippen LogP contribution in [0.4, 0.5) is 14.6 Å². The molecule has 0 saturated carbocycles. The van der Waals surface area contributed by atoms with Crippen LogP contribution in [0.3, 0.4) is 0 Å². The number of nitrogens with zero attached hydrogens (tertiary/aromatic N) is 3. The van der Waals surface area contributed by atoms with E-state index in [1.807, 2.05) is 0 Å². The van der Waals surface area contributed by atoms with Crippen molar-refractivity contribution in [2.24, 2.45) is 0 Å². The summed E-state index contributed by atoms with van der Waals surface area (Å²) in [5, 5.41) is 10.4. The van der Waals surface area contributed by atoms with E-state index in [2.05, 4.69) is 15.5 Å². The molecule has 0 spiro atoms. The van der Waals surface area contributed by atoms with E-state index >= 15 is 0 Å². The highest BCUT2D eigenvalue weighted by Gasteiger charge is 2.09. The van der Waals surface area contributed by atoms with Gasteiger partial charge in [0.15, 0.2) is 11.0 Å². The van der Waals surface area contributed by atoms with Crippen LogP contribution in [0.15, 0.2) is 30.3 Å². The lowest BCUT2D eigenvalue weighted by Crippen LogP contribution is -2.35. The van der Waals surface area contributed by atoms with Crippen LogP contribution in [-0.2, 0) is 11.3 Å². The largest absolute Gasteiger partial charge is 0.350 e. The molecule has 0 saturated heterocycles. The monoisotopic (exact) mass is 326 g/mol. The number of carbonyl (C=O) groups excluding carboxylic acids is 1. The first kappa shape index (κ1) is 16.1. The lowest BCUT2D eigenvalue weighted by atomic mass is 10.2. The van der Waals surface area contributed by atoms with Crippen molar-refractivity contribution >= 4 is 23.3 Å². The number of halogens is 3. The smallest absolute Gasteiger partial charge is 0.239 e. The summed E-state index contributed by atoms with van der Waals surface area (Å²) in [5.41, 5.74) is 0.347. The highest BCUT2D eigenvalue weighted by molar-refractivity contribution is 6.29. The first-order valence-electron chi connectivity index (χ1n) is 6.36. The molecule has 116 valence electrons. The van der Waals surface area contributed by atoms with E-state index in [4.69, 9.17) is 11.6 Å². The molecule has 0 fully saturated rings. The molecule has 0 aliphatic heterocycles. The molecular formula is C14H13ClF2N4O. The molecule has 0 unspecified atom stereocenters. The van der Waals surface area contributed by atoms with Gasteiger partial charge in [0.05, 0.1) is 6.54 Å². The fraction of sp³-hybridized carbons (Fsp3) is 0.214. The van der Waals surface area contributed by atoms with Crippen molar-refractivity contribution in [2.75, 3.05) is 18.5 Å². The van der Waals surface area contributed by atoms with Crippen molar-refractivity contribution in [3.63, 3.8) is 0 Å². The number of likely N-dealkylation sites (N-methyl/N-ethyl adjacent to an activating group) is 1. The van der Waals surface area contributed by atoms with Crippen molar-refractivity contribution in [1.82, 2.24) is 15.5 Å². The third kappa shape index (κ3) is 4.63. The van der Waals surface area contributed by atoms with Crippen LogP contribution in [0.2, 0.25) is 5.15 Å². The Labute approximate surface area is 130 Å². The Morgan fingerprint density at radius 2 is 1.91 bits per heavy atom. The molecule has 1 heterocycles. The Morgan fingerprint density at radius 1 is 1.23 bits per heavy atom. The average Bonchev–Trinajstić information content (AvgIpc) is 2.45. The number of rotatable bonds is 5. The molecule has 1 amide bonds. The minimum atomic E-state index is -0.683. The van der Waals surface area contributed by atoms with Crippen molar-refractivity contribution in [3.05, 3.63) is 52.7 Å². The van der Waals surface area contributed by atoms with Gasteiger partial charge in [-0.15, -0.1) is 10.2 Å². The number of aromatic nitrogens is 2. The van der Waals surface area contributed by atoms with Crippen LogP contribution in [0, 0.1) is 11.6 Å². The van der Waals surface area contributed by atoms with E-state index in [-0.39, 0.29) is 24.1 Å². The molecule has 8 heteroatoms. The predicted molar refractivity (Wildman–Crippen MR) is 78.5 cm³/mol. The third-order valence-corrected chi connectivity index (χ3v) is 3.00. The van der Waals surface area contributed by atoms with Crippen LogP contribution < -0.4 is 10.2 Å². The van der Waals surface area contributed by atoms with Crippen LogP contribution in [0.5, 0.6) is 0 Å². The summed E-state index contributed by atoms with van der Waals surface area (Å²) in [6, 6.07) is 6.30. The minimum absolute atomic E-state index is 0.0219. The molecule has 2 rings (SSSR count). The quantitative estimate of drug-likeness (QED) is 0.915. The lowest BCUT2D eigenvalue weighted by Gasteiger charge is -2.16. The number of carbonyl (C=O) groups is 1. The summed E-state index contributed by atoms with van der Waals surface area (Å²) < 4.78 is 26.1. The summed E-state index contributed by atoms with van der Waals surface area (Å²) >= 11 is 5.63.